The first-order chi connectivity index (χ1) is 54.3. The summed E-state index contributed by atoms with van der Waals surface area (Å²) in [4.78, 5) is 38.9. The number of amidine groups is 4. The van der Waals surface area contributed by atoms with E-state index in [0.29, 0.717) is 104 Å². The second-order valence-electron chi connectivity index (χ2n) is 31.9. The number of ether oxygens (including phenoxy) is 4. The number of aromatic nitrogens is 2. The molecule has 2 N–H and O–H groups in total. The Bertz CT molecular complexity index is 5290. The summed E-state index contributed by atoms with van der Waals surface area (Å²) in [5.41, 5.74) is 3.84. The third-order valence-corrected chi connectivity index (χ3v) is 43.3. The minimum atomic E-state index is -7.48. The standard InChI is InChI=1S/C73H105N11O23S5Si3/c1-113(2,55-23-39-83(34-13-18-50-108(86,87)88,35-14-19-51-109(89,90)91)36-15-20-52-110(92,93)94)106-115(107-114(3,4)56-24-40-84(37-16-21-53-111(95,96)97,38-17-22-54-112(98,99)100)41-43-102-45-47-104-49-48-103-46-44-101-42-33-65(85)105-74)79-66-57-25-5-6-26-58(57)67(79)76-69-61-29-9-10-30-62(61)71(81(69)115)78-73-64-32-12-11-31-63(64)72(82(73)115)77-70-60-28-8-7-27-59(60)68(75-66)80(70)115/h5-12,25-32H,13-24,33-56,74H2,1-4H3,(H3-2,86,87,88,89,90,91,92,93,94,95,96,97,98,99,100)/p-3. The first kappa shape index (κ1) is 87.9. The molecule has 0 bridgehead atoms. The second kappa shape index (κ2) is 34.3. The molecular weight excluding hydrogens is 1640 g/mol. The summed E-state index contributed by atoms with van der Waals surface area (Å²) in [6.45, 7) is 12.7. The molecule has 0 radical (unpaired) electrons. The van der Waals surface area contributed by atoms with E-state index in [0.717, 1.165) is 43.8 Å². The molecular formula is C73H102N11O23S5Si3-3. The van der Waals surface area contributed by atoms with Crippen LogP contribution in [0, 0.1) is 0 Å². The molecule has 0 saturated heterocycles. The van der Waals surface area contributed by atoms with E-state index in [4.69, 9.17) is 44.8 Å². The Balaban J connectivity index is 1.01. The van der Waals surface area contributed by atoms with E-state index < -0.39 is 110 Å². The van der Waals surface area contributed by atoms with Crippen molar-refractivity contribution in [3.05, 3.63) is 130 Å². The summed E-state index contributed by atoms with van der Waals surface area (Å²) < 4.78 is 234. The van der Waals surface area contributed by atoms with Crippen molar-refractivity contribution in [3.63, 3.8) is 0 Å². The fraction of sp³-hybridized carbons (Fsp3) is 0.548. The van der Waals surface area contributed by atoms with Crippen molar-refractivity contribution in [2.45, 2.75) is 122 Å². The predicted molar refractivity (Wildman–Crippen MR) is 429 cm³/mol. The van der Waals surface area contributed by atoms with E-state index >= 15 is 0 Å². The number of rotatable bonds is 52. The Hall–Kier alpha value is -6.45. The van der Waals surface area contributed by atoms with Gasteiger partial charge in [-0.05, 0) is 0 Å². The third-order valence-electron chi connectivity index (χ3n) is 22.7. The molecule has 34 nitrogen and oxygen atoms in total. The third kappa shape index (κ3) is 18.5. The van der Waals surface area contributed by atoms with Crippen molar-refractivity contribution in [1.82, 2.24) is 8.47 Å². The topological polar surface area (TPSA) is 459 Å². The molecule has 2 aromatic heterocycles. The number of nitrogens with zero attached hydrogens (tertiary/aromatic N) is 10. The summed E-state index contributed by atoms with van der Waals surface area (Å²) in [5.74, 6) is 3.95. The number of quaternary nitrogens is 2. The summed E-state index contributed by atoms with van der Waals surface area (Å²) in [6.07, 6.45) is 2.05. The van der Waals surface area contributed by atoms with Crippen LogP contribution in [0.5, 0.6) is 0 Å². The average molecular weight is 1750 g/mol. The molecule has 1 spiro atoms. The van der Waals surface area contributed by atoms with Gasteiger partial charge in [0.15, 0.2) is 0 Å². The van der Waals surface area contributed by atoms with E-state index in [-0.39, 0.29) is 152 Å². The van der Waals surface area contributed by atoms with Crippen LogP contribution in [0.4, 0.5) is 11.6 Å². The monoisotopic (exact) mass is 1740 g/mol. The number of carbonyl (C=O) groups is 1. The van der Waals surface area contributed by atoms with E-state index in [1.165, 1.54) is 0 Å². The first-order valence-electron chi connectivity index (χ1n) is 39.1. The van der Waals surface area contributed by atoms with Gasteiger partial charge in [0.2, 0.25) is 0 Å². The number of unbranched alkanes of at least 4 members (excludes halogenated alkanes) is 5. The molecule has 6 aliphatic rings. The van der Waals surface area contributed by atoms with E-state index in [9.17, 15) is 77.9 Å². The molecule has 0 fully saturated rings. The maximum absolute atomic E-state index is 12.2. The Morgan fingerprint density at radius 1 is 0.400 bits per heavy atom. The van der Waals surface area contributed by atoms with Gasteiger partial charge in [-0.3, -0.25) is 4.79 Å². The molecule has 0 unspecified atom stereocenters. The molecule has 0 amide bonds. The van der Waals surface area contributed by atoms with Crippen molar-refractivity contribution >= 4 is 137 Å². The molecule has 6 aliphatic heterocycles. The summed E-state index contributed by atoms with van der Waals surface area (Å²) in [6, 6.07) is 32.4. The molecule has 4 aromatic carbocycles. The molecule has 0 atom stereocenters. The summed E-state index contributed by atoms with van der Waals surface area (Å²) in [7, 11) is -38.2. The summed E-state index contributed by atoms with van der Waals surface area (Å²) >= 11 is 0. The van der Waals surface area contributed by atoms with Crippen LogP contribution in [0.3, 0.4) is 0 Å². The van der Waals surface area contributed by atoms with Crippen LogP contribution in [-0.2, 0) is 87.4 Å². The molecule has 115 heavy (non-hydrogen) atoms. The number of hydrogen-bond acceptors (Lipinski definition) is 28. The van der Waals surface area contributed by atoms with Crippen LogP contribution in [0.15, 0.2) is 117 Å². The quantitative estimate of drug-likeness (QED) is 0.0178. The van der Waals surface area contributed by atoms with Crippen LogP contribution in [0.25, 0.3) is 21.5 Å². The number of fused-ring (bicyclic) bond motifs is 12. The molecule has 12 rings (SSSR count). The molecule has 6 aromatic rings. The average Bonchev–Trinajstić information content (AvgIpc) is 1.46. The zero-order valence-electron chi connectivity index (χ0n) is 65.2. The zero-order chi connectivity index (χ0) is 82.6. The molecule has 632 valence electrons. The van der Waals surface area contributed by atoms with Crippen LogP contribution >= 0.6 is 0 Å². The van der Waals surface area contributed by atoms with Crippen molar-refractivity contribution < 1.29 is 119 Å². The van der Waals surface area contributed by atoms with Crippen molar-refractivity contribution in [2.75, 3.05) is 134 Å². The van der Waals surface area contributed by atoms with Crippen LogP contribution < -0.4 is 16.9 Å². The van der Waals surface area contributed by atoms with E-state index in [1.807, 2.05) is 97.1 Å². The van der Waals surface area contributed by atoms with Gasteiger partial charge in [0.05, 0.1) is 39.5 Å². The number of nitrogens with two attached hydrogens (primary N) is 1. The van der Waals surface area contributed by atoms with Crippen LogP contribution in [-0.4, -0.2) is 278 Å². The van der Waals surface area contributed by atoms with E-state index in [1.54, 1.807) is 0 Å². The fourth-order valence-corrected chi connectivity index (χ4v) is 43.2. The van der Waals surface area contributed by atoms with Gasteiger partial charge in [0.25, 0.3) is 0 Å². The second-order valence-corrected chi connectivity index (χ2v) is 53.8. The van der Waals surface area contributed by atoms with Crippen LogP contribution in [0.2, 0.25) is 38.3 Å². The van der Waals surface area contributed by atoms with Crippen molar-refractivity contribution in [1.29, 1.82) is 0 Å². The van der Waals surface area contributed by atoms with Gasteiger partial charge >= 0.3 is 612 Å². The van der Waals surface area contributed by atoms with Crippen LogP contribution in [0.1, 0.15) is 106 Å². The van der Waals surface area contributed by atoms with Gasteiger partial charge in [0.1, 0.15) is 0 Å². The van der Waals surface area contributed by atoms with Gasteiger partial charge in [-0.15, -0.1) is 0 Å². The minimum absolute atomic E-state index is 0.00223. The van der Waals surface area contributed by atoms with Gasteiger partial charge in [0, 0.05) is 0 Å². The Morgan fingerprint density at radius 3 is 1.05 bits per heavy atom. The number of aliphatic imine (C=N–C) groups is 2. The SMILES string of the molecule is C[Si](C)(CCC[N+](CCCCS(=O)(=O)[O-])(CCCCS(=O)(=O)[O-])CCCCS(=O)(=O)[O-])O[Si-2]123(O[Si](C)(C)CCC[N+](CCCCS(=O)(=O)[O-])(CCCCS(=O)(=O)[O-])CCOCCOCCOCCOCCC(=O)ON)n4c5c6ccccc6c4N=C4c6ccccc6C(=[N+]41)N=c1c4ccccc4c(n12)=NC1=[N+]3C(=N5)c2ccccc21. The molecule has 0 aliphatic carbocycles. The van der Waals surface area contributed by atoms with Crippen molar-refractivity contribution in [3.8, 4) is 0 Å². The Morgan fingerprint density at radius 2 is 0.704 bits per heavy atom. The summed E-state index contributed by atoms with van der Waals surface area (Å²) in [5, 5.41) is 2.90. The fourth-order valence-electron chi connectivity index (χ4n) is 18.2. The van der Waals surface area contributed by atoms with Gasteiger partial charge in [-0.2, -0.15) is 5.90 Å². The molecule has 0 saturated carbocycles. The molecule has 8 heterocycles. The Labute approximate surface area is 672 Å². The van der Waals surface area contributed by atoms with Gasteiger partial charge in [-0.25, -0.2) is 0 Å². The van der Waals surface area contributed by atoms with Crippen molar-refractivity contribution in [2.24, 2.45) is 25.9 Å². The number of hydrogen-bond donors (Lipinski definition) is 1. The zero-order valence-corrected chi connectivity index (χ0v) is 72.3. The maximum atomic E-state index is 12.2. The normalized spacial score (nSPS) is 17.1. The van der Waals surface area contributed by atoms with Gasteiger partial charge < -0.3 is 14.3 Å². The number of benzene rings is 4. The van der Waals surface area contributed by atoms with E-state index in [2.05, 4.69) is 48.0 Å². The Kier molecular flexibility index (Phi) is 26.2. The predicted octanol–water partition coefficient (Wildman–Crippen LogP) is 4.68. The number of carbonyl (C=O) groups excluding carboxylic acids is 1. The molecule has 42 heteroatoms. The first-order valence-corrected chi connectivity index (χ1v) is 55.8. The van der Waals surface area contributed by atoms with Gasteiger partial charge in [-0.1, -0.05) is 0 Å².